The molecule has 2 heterocycles. The summed E-state index contributed by atoms with van der Waals surface area (Å²) in [6.07, 6.45) is 4.28. The summed E-state index contributed by atoms with van der Waals surface area (Å²) in [6.45, 7) is 2.15. The van der Waals surface area contributed by atoms with E-state index in [1.54, 1.807) is 7.05 Å². The summed E-state index contributed by atoms with van der Waals surface area (Å²) in [5, 5.41) is 10.3. The van der Waals surface area contributed by atoms with Gasteiger partial charge in [-0.15, -0.1) is 12.4 Å². The molecule has 1 aliphatic carbocycles. The zero-order valence-corrected chi connectivity index (χ0v) is 17.4. The molecule has 2 aromatic carbocycles. The van der Waals surface area contributed by atoms with Crippen LogP contribution in [0.1, 0.15) is 40.4 Å². The van der Waals surface area contributed by atoms with Crippen molar-refractivity contribution in [2.75, 3.05) is 29.6 Å². The Labute approximate surface area is 172 Å². The maximum atomic E-state index is 12.6. The second-order valence-corrected chi connectivity index (χ2v) is 8.21. The third kappa shape index (κ3) is 2.64. The number of nitrogens with zero attached hydrogens (tertiary/aromatic N) is 1. The van der Waals surface area contributed by atoms with E-state index in [4.69, 9.17) is 0 Å². The molecule has 0 fully saturated rings. The molecule has 28 heavy (non-hydrogen) atoms. The first-order chi connectivity index (χ1) is 13.0. The van der Waals surface area contributed by atoms with Gasteiger partial charge < -0.3 is 20.9 Å². The summed E-state index contributed by atoms with van der Waals surface area (Å²) in [6, 6.07) is 10.8. The second-order valence-electron chi connectivity index (χ2n) is 8.21. The Morgan fingerprint density at radius 2 is 1.89 bits per heavy atom. The Morgan fingerprint density at radius 1 is 1.21 bits per heavy atom. The van der Waals surface area contributed by atoms with Crippen LogP contribution >= 0.6 is 12.4 Å². The molecule has 0 radical (unpaired) electrons. The van der Waals surface area contributed by atoms with E-state index in [2.05, 4.69) is 59.1 Å². The lowest BCUT2D eigenvalue weighted by atomic mass is 9.81. The van der Waals surface area contributed by atoms with E-state index in [1.807, 2.05) is 6.07 Å². The molecule has 0 bridgehead atoms. The van der Waals surface area contributed by atoms with Gasteiger partial charge in [0.2, 0.25) is 0 Å². The van der Waals surface area contributed by atoms with Gasteiger partial charge in [-0.3, -0.25) is 4.79 Å². The van der Waals surface area contributed by atoms with Crippen LogP contribution in [0.2, 0.25) is 0 Å². The smallest absolute Gasteiger partial charge is 0.251 e. The van der Waals surface area contributed by atoms with Gasteiger partial charge in [0.1, 0.15) is 0 Å². The first kappa shape index (κ1) is 18.9. The molecule has 2 aromatic rings. The molecule has 6 heteroatoms. The molecule has 0 saturated carbocycles. The minimum Gasteiger partial charge on any atom is -0.377 e. The van der Waals surface area contributed by atoms with Gasteiger partial charge in [0.15, 0.2) is 0 Å². The molecular weight excluding hydrogens is 372 g/mol. The van der Waals surface area contributed by atoms with Gasteiger partial charge >= 0.3 is 0 Å². The second kappa shape index (κ2) is 6.59. The predicted molar refractivity (Wildman–Crippen MR) is 117 cm³/mol. The zero-order chi connectivity index (χ0) is 18.8. The van der Waals surface area contributed by atoms with Crippen molar-refractivity contribution in [1.29, 1.82) is 0 Å². The molecule has 3 aliphatic rings. The Balaban J connectivity index is 0.00000192. The molecule has 1 atom stereocenters. The number of carbonyl (C=O) groups excluding carboxylic acids is 1. The molecule has 5 rings (SSSR count). The van der Waals surface area contributed by atoms with E-state index in [9.17, 15) is 4.79 Å². The summed E-state index contributed by atoms with van der Waals surface area (Å²) in [7, 11) is 3.78. The van der Waals surface area contributed by atoms with E-state index in [0.29, 0.717) is 0 Å². The minimum absolute atomic E-state index is 0. The van der Waals surface area contributed by atoms with Crippen LogP contribution in [0, 0.1) is 0 Å². The van der Waals surface area contributed by atoms with Crippen molar-refractivity contribution < 1.29 is 4.79 Å². The molecule has 0 saturated heterocycles. The van der Waals surface area contributed by atoms with Crippen LogP contribution in [0.3, 0.4) is 0 Å². The molecule has 148 valence electrons. The number of hydrogen-bond donors (Lipinski definition) is 3. The Morgan fingerprint density at radius 3 is 2.54 bits per heavy atom. The van der Waals surface area contributed by atoms with Gasteiger partial charge in [-0.2, -0.15) is 0 Å². The molecule has 3 N–H and O–H groups in total. The van der Waals surface area contributed by atoms with Gasteiger partial charge in [0, 0.05) is 25.2 Å². The molecule has 1 spiro atoms. The van der Waals surface area contributed by atoms with Crippen LogP contribution in [-0.2, 0) is 19.3 Å². The van der Waals surface area contributed by atoms with E-state index >= 15 is 0 Å². The average Bonchev–Trinajstić information content (AvgIpc) is 3.17. The summed E-state index contributed by atoms with van der Waals surface area (Å²) in [4.78, 5) is 14.8. The predicted octanol–water partition coefficient (Wildman–Crippen LogP) is 3.57. The molecule has 1 amide bonds. The van der Waals surface area contributed by atoms with Crippen LogP contribution in [0.5, 0.6) is 0 Å². The first-order valence-electron chi connectivity index (χ1n) is 9.78. The van der Waals surface area contributed by atoms with Gasteiger partial charge in [-0.05, 0) is 55.4 Å². The highest BCUT2D eigenvalue weighted by molar-refractivity contribution is 6.03. The van der Waals surface area contributed by atoms with Crippen molar-refractivity contribution in [3.05, 3.63) is 52.6 Å². The largest absolute Gasteiger partial charge is 0.377 e. The molecule has 1 unspecified atom stereocenters. The van der Waals surface area contributed by atoms with Crippen LogP contribution < -0.4 is 20.9 Å². The van der Waals surface area contributed by atoms with Gasteiger partial charge in [-0.25, -0.2) is 0 Å². The number of halogens is 1. The number of fused-ring (bicyclic) bond motifs is 4. The van der Waals surface area contributed by atoms with Gasteiger partial charge in [-0.1, -0.05) is 24.3 Å². The van der Waals surface area contributed by atoms with Crippen molar-refractivity contribution >= 4 is 35.4 Å². The highest BCUT2D eigenvalue weighted by atomic mass is 35.5. The van der Waals surface area contributed by atoms with Crippen LogP contribution in [-0.4, -0.2) is 31.7 Å². The van der Waals surface area contributed by atoms with Gasteiger partial charge in [0.25, 0.3) is 5.91 Å². The number of anilines is 3. The fourth-order valence-corrected chi connectivity index (χ4v) is 5.03. The SMILES string of the molecule is CNC(=O)c1cc2c(c3c1CCC1(Cc4ccccc4C1)N3)NC(C)N2C.Cl. The standard InChI is InChI=1S/C22H26N4O.ClH/c1-13-24-20-18(26(13)3)10-17(21(27)23-2)16-8-9-22(25-19(16)20)11-14-6-4-5-7-15(14)12-22;/h4-7,10,13,24-25H,8-9,11-12H2,1-3H3,(H,23,27);1H. The maximum absolute atomic E-state index is 12.6. The fraction of sp³-hybridized carbons (Fsp3) is 0.409. The monoisotopic (exact) mass is 398 g/mol. The Hall–Kier alpha value is -2.40. The summed E-state index contributed by atoms with van der Waals surface area (Å²) in [5.41, 5.74) is 8.26. The van der Waals surface area contributed by atoms with E-state index in [-0.39, 0.29) is 30.0 Å². The molecule has 0 aromatic heterocycles. The molecule has 2 aliphatic heterocycles. The number of amides is 1. The van der Waals surface area contributed by atoms with Crippen molar-refractivity contribution in [3.8, 4) is 0 Å². The fourth-order valence-electron chi connectivity index (χ4n) is 5.03. The third-order valence-corrected chi connectivity index (χ3v) is 6.62. The quantitative estimate of drug-likeness (QED) is 0.687. The topological polar surface area (TPSA) is 56.4 Å². The van der Waals surface area contributed by atoms with Crippen molar-refractivity contribution in [2.45, 2.75) is 44.3 Å². The number of hydrogen-bond acceptors (Lipinski definition) is 4. The third-order valence-electron chi connectivity index (χ3n) is 6.62. The lowest BCUT2D eigenvalue weighted by Gasteiger charge is -2.38. The van der Waals surface area contributed by atoms with Crippen molar-refractivity contribution in [3.63, 3.8) is 0 Å². The first-order valence-corrected chi connectivity index (χ1v) is 9.78. The number of benzene rings is 2. The number of rotatable bonds is 1. The normalized spacial score (nSPS) is 20.4. The van der Waals surface area contributed by atoms with E-state index < -0.39 is 0 Å². The summed E-state index contributed by atoms with van der Waals surface area (Å²) < 4.78 is 0. The highest BCUT2D eigenvalue weighted by Gasteiger charge is 2.42. The Bertz CT molecular complexity index is 933. The lowest BCUT2D eigenvalue weighted by Crippen LogP contribution is -2.43. The minimum atomic E-state index is -0.00513. The number of nitrogens with one attached hydrogen (secondary N) is 3. The lowest BCUT2D eigenvalue weighted by molar-refractivity contribution is 0.0962. The van der Waals surface area contributed by atoms with Crippen LogP contribution in [0.25, 0.3) is 0 Å². The molecular formula is C22H27ClN4O. The van der Waals surface area contributed by atoms with Crippen LogP contribution in [0.4, 0.5) is 17.1 Å². The zero-order valence-electron chi connectivity index (χ0n) is 16.6. The highest BCUT2D eigenvalue weighted by Crippen LogP contribution is 2.49. The van der Waals surface area contributed by atoms with Crippen LogP contribution in [0.15, 0.2) is 30.3 Å². The average molecular weight is 399 g/mol. The van der Waals surface area contributed by atoms with E-state index in [0.717, 1.165) is 53.9 Å². The van der Waals surface area contributed by atoms with Crippen molar-refractivity contribution in [2.24, 2.45) is 0 Å². The summed E-state index contributed by atoms with van der Waals surface area (Å²) in [5.74, 6) is -0.00513. The van der Waals surface area contributed by atoms with E-state index in [1.165, 1.54) is 11.1 Å². The van der Waals surface area contributed by atoms with Crippen molar-refractivity contribution in [1.82, 2.24) is 5.32 Å². The Kier molecular flexibility index (Phi) is 4.46. The molecule has 5 nitrogen and oxygen atoms in total. The maximum Gasteiger partial charge on any atom is 0.251 e. The summed E-state index contributed by atoms with van der Waals surface area (Å²) >= 11 is 0. The number of carbonyl (C=O) groups is 1. The van der Waals surface area contributed by atoms with Gasteiger partial charge in [0.05, 0.1) is 23.2 Å².